The molecule has 1 aliphatic carbocycles. The third-order valence-electron chi connectivity index (χ3n) is 8.17. The van der Waals surface area contributed by atoms with Crippen molar-refractivity contribution in [2.75, 3.05) is 0 Å². The SMILES string of the molecule is O=P(N[C@H](c1ccc(Br)cc1)[C@H](N=C1c2ccccc2-c2ccccc21)c1ccccc1)(c1ccccc1)c1ccccc1. The second kappa shape index (κ2) is 12.3. The first kappa shape index (κ1) is 28.4. The molecule has 0 bridgehead atoms. The summed E-state index contributed by atoms with van der Waals surface area (Å²) in [6.45, 7) is 0. The van der Waals surface area contributed by atoms with E-state index in [1.165, 1.54) is 11.1 Å². The minimum atomic E-state index is -3.34. The van der Waals surface area contributed by atoms with Crippen molar-refractivity contribution in [2.45, 2.75) is 12.1 Å². The first-order valence-corrected chi connectivity index (χ1v) is 17.2. The second-order valence-electron chi connectivity index (χ2n) is 10.9. The molecule has 0 radical (unpaired) electrons. The molecule has 44 heavy (non-hydrogen) atoms. The zero-order chi connectivity index (χ0) is 29.9. The molecule has 2 atom stereocenters. The lowest BCUT2D eigenvalue weighted by Crippen LogP contribution is -2.33. The maximum Gasteiger partial charge on any atom is 0.205 e. The van der Waals surface area contributed by atoms with Gasteiger partial charge in [-0.25, -0.2) is 0 Å². The highest BCUT2D eigenvalue weighted by molar-refractivity contribution is 9.10. The van der Waals surface area contributed by atoms with E-state index in [1.807, 2.05) is 91.0 Å². The molecular weight excluding hydrogens is 623 g/mol. The first-order chi connectivity index (χ1) is 21.6. The third-order valence-corrected chi connectivity index (χ3v) is 11.4. The molecule has 6 aromatic carbocycles. The summed E-state index contributed by atoms with van der Waals surface area (Å²) in [6, 6.07) is 54.2. The molecule has 214 valence electrons. The van der Waals surface area contributed by atoms with Crippen molar-refractivity contribution in [3.63, 3.8) is 0 Å². The van der Waals surface area contributed by atoms with Gasteiger partial charge in [-0.2, -0.15) is 0 Å². The van der Waals surface area contributed by atoms with Crippen LogP contribution in [0.2, 0.25) is 0 Å². The van der Waals surface area contributed by atoms with Crippen LogP contribution in [-0.4, -0.2) is 5.71 Å². The molecule has 7 rings (SSSR count). The van der Waals surface area contributed by atoms with Gasteiger partial charge >= 0.3 is 0 Å². The average Bonchev–Trinajstić information content (AvgIpc) is 3.41. The van der Waals surface area contributed by atoms with Crippen molar-refractivity contribution >= 4 is 39.5 Å². The summed E-state index contributed by atoms with van der Waals surface area (Å²) < 4.78 is 16.4. The molecule has 1 aliphatic rings. The van der Waals surface area contributed by atoms with Crippen molar-refractivity contribution in [1.82, 2.24) is 5.09 Å². The molecule has 0 amide bonds. The van der Waals surface area contributed by atoms with Crippen molar-refractivity contribution in [1.29, 1.82) is 0 Å². The van der Waals surface area contributed by atoms with E-state index in [0.29, 0.717) is 0 Å². The van der Waals surface area contributed by atoms with Gasteiger partial charge in [-0.15, -0.1) is 0 Å². The first-order valence-electron chi connectivity index (χ1n) is 14.7. The van der Waals surface area contributed by atoms with Crippen molar-refractivity contribution in [3.05, 3.63) is 191 Å². The largest absolute Gasteiger partial charge is 0.297 e. The molecule has 3 nitrogen and oxygen atoms in total. The van der Waals surface area contributed by atoms with Crippen LogP contribution in [0.5, 0.6) is 0 Å². The van der Waals surface area contributed by atoms with Gasteiger partial charge in [-0.1, -0.05) is 143 Å². The van der Waals surface area contributed by atoms with Crippen LogP contribution < -0.4 is 15.7 Å². The molecule has 0 saturated carbocycles. The molecule has 1 N–H and O–H groups in total. The van der Waals surface area contributed by atoms with Crippen LogP contribution in [0.3, 0.4) is 0 Å². The molecule has 0 heterocycles. The molecule has 0 fully saturated rings. The van der Waals surface area contributed by atoms with Gasteiger partial charge in [0.25, 0.3) is 0 Å². The quantitative estimate of drug-likeness (QED) is 0.166. The smallest absolute Gasteiger partial charge is 0.205 e. The van der Waals surface area contributed by atoms with E-state index in [2.05, 4.69) is 93.8 Å². The summed E-state index contributed by atoms with van der Waals surface area (Å²) in [7, 11) is -3.34. The molecule has 0 spiro atoms. The fourth-order valence-electron chi connectivity index (χ4n) is 6.03. The Kier molecular flexibility index (Phi) is 7.97. The molecule has 0 aromatic heterocycles. The Hall–Kier alpha value is -4.34. The maximum atomic E-state index is 15.5. The molecule has 0 unspecified atom stereocenters. The summed E-state index contributed by atoms with van der Waals surface area (Å²) in [5, 5.41) is 5.26. The van der Waals surface area contributed by atoms with Crippen LogP contribution >= 0.6 is 23.2 Å². The van der Waals surface area contributed by atoms with E-state index < -0.39 is 19.4 Å². The predicted octanol–water partition coefficient (Wildman–Crippen LogP) is 9.27. The van der Waals surface area contributed by atoms with Crippen LogP contribution in [0.15, 0.2) is 173 Å². The number of hydrogen-bond acceptors (Lipinski definition) is 2. The second-order valence-corrected chi connectivity index (χ2v) is 14.3. The maximum absolute atomic E-state index is 15.5. The van der Waals surface area contributed by atoms with E-state index in [-0.39, 0.29) is 0 Å². The van der Waals surface area contributed by atoms with E-state index in [9.17, 15) is 0 Å². The van der Waals surface area contributed by atoms with Gasteiger partial charge in [0.1, 0.15) is 0 Å². The van der Waals surface area contributed by atoms with Crippen LogP contribution in [0.1, 0.15) is 34.3 Å². The lowest BCUT2D eigenvalue weighted by Gasteiger charge is -2.32. The number of fused-ring (bicyclic) bond motifs is 3. The van der Waals surface area contributed by atoms with Gasteiger partial charge in [0.15, 0.2) is 0 Å². The number of rotatable bonds is 8. The highest BCUT2D eigenvalue weighted by Crippen LogP contribution is 2.47. The Labute approximate surface area is 266 Å². The Morgan fingerprint density at radius 2 is 0.932 bits per heavy atom. The molecular formula is C39H30BrN2OP. The van der Waals surface area contributed by atoms with Gasteiger partial charge in [-0.05, 0) is 58.7 Å². The Morgan fingerprint density at radius 3 is 1.43 bits per heavy atom. The number of nitrogens with one attached hydrogen (secondary N) is 1. The van der Waals surface area contributed by atoms with Crippen LogP contribution in [-0.2, 0) is 4.57 Å². The Balaban J connectivity index is 1.47. The topological polar surface area (TPSA) is 41.5 Å². The number of hydrogen-bond donors (Lipinski definition) is 1. The van der Waals surface area contributed by atoms with Gasteiger partial charge in [-0.3, -0.25) is 14.6 Å². The summed E-state index contributed by atoms with van der Waals surface area (Å²) in [6.07, 6.45) is 0. The zero-order valence-corrected chi connectivity index (χ0v) is 26.4. The zero-order valence-electron chi connectivity index (χ0n) is 23.9. The van der Waals surface area contributed by atoms with E-state index in [4.69, 9.17) is 4.99 Å². The molecule has 6 aromatic rings. The van der Waals surface area contributed by atoms with E-state index >= 15 is 4.57 Å². The fourth-order valence-corrected chi connectivity index (χ4v) is 8.76. The molecule has 0 saturated heterocycles. The minimum Gasteiger partial charge on any atom is -0.297 e. The van der Waals surface area contributed by atoms with E-state index in [0.717, 1.165) is 43.0 Å². The third kappa shape index (κ3) is 5.42. The lowest BCUT2D eigenvalue weighted by atomic mass is 9.94. The summed E-state index contributed by atoms with van der Waals surface area (Å²) in [4.78, 5) is 5.62. The van der Waals surface area contributed by atoms with Crippen LogP contribution in [0.4, 0.5) is 0 Å². The Morgan fingerprint density at radius 1 is 0.500 bits per heavy atom. The molecule has 0 aliphatic heterocycles. The monoisotopic (exact) mass is 652 g/mol. The highest BCUT2D eigenvalue weighted by Gasteiger charge is 2.36. The fraction of sp³-hybridized carbons (Fsp3) is 0.0513. The number of halogens is 1. The average molecular weight is 654 g/mol. The summed E-state index contributed by atoms with van der Waals surface area (Å²) >= 11 is 3.62. The van der Waals surface area contributed by atoms with Gasteiger partial charge in [0.2, 0.25) is 7.29 Å². The summed E-state index contributed by atoms with van der Waals surface area (Å²) in [5.41, 5.74) is 7.57. The van der Waals surface area contributed by atoms with Crippen molar-refractivity contribution in [2.24, 2.45) is 4.99 Å². The highest BCUT2D eigenvalue weighted by atomic mass is 79.9. The molecule has 5 heteroatoms. The predicted molar refractivity (Wildman–Crippen MR) is 186 cm³/mol. The standard InChI is InChI=1S/C39H30BrN2OP/c40-30-26-24-29(25-27-30)38(42-44(43,31-16-6-2-7-17-31)32-18-8-3-9-19-32)37(28-14-4-1-5-15-28)41-39-35-22-12-10-20-33(35)34-21-11-13-23-36(34)39/h1-27,37-38H,(H,42,43)/t37-,38-/m1/s1. The minimum absolute atomic E-state index is 0.396. The van der Waals surface area contributed by atoms with Gasteiger partial charge in [0.05, 0.1) is 17.8 Å². The van der Waals surface area contributed by atoms with Crippen LogP contribution in [0.25, 0.3) is 11.1 Å². The lowest BCUT2D eigenvalue weighted by molar-refractivity contribution is 0.513. The summed E-state index contributed by atoms with van der Waals surface area (Å²) in [5.74, 6) is 0. The van der Waals surface area contributed by atoms with Crippen molar-refractivity contribution in [3.8, 4) is 11.1 Å². The Bertz CT molecular complexity index is 1890. The normalized spacial score (nSPS) is 13.5. The van der Waals surface area contributed by atoms with Gasteiger partial charge < -0.3 is 0 Å². The van der Waals surface area contributed by atoms with Crippen LogP contribution in [0, 0.1) is 0 Å². The van der Waals surface area contributed by atoms with E-state index in [1.54, 1.807) is 0 Å². The number of benzene rings is 6. The number of nitrogens with zero attached hydrogens (tertiary/aromatic N) is 1. The van der Waals surface area contributed by atoms with Crippen molar-refractivity contribution < 1.29 is 4.57 Å². The number of aliphatic imine (C=N–C) groups is 1. The van der Waals surface area contributed by atoms with Gasteiger partial charge in [0, 0.05) is 26.2 Å².